The van der Waals surface area contributed by atoms with E-state index in [1.54, 1.807) is 31.3 Å². The Bertz CT molecular complexity index is 1550. The standard InChI is InChI=1S/C27H26F4N6O4/c1-3-20(33-22(38)18-13-16(27(29,30)31)4-6-19(18)28)23(39)36-10-8-26(9-11-36)24(40)35(2)25(41)37(26)17-5-7-21-15(12-17)14-32-34-21/h4-7,12-14,20H,3,8-11H2,1-2H3,(H,32,34)(H,33,38). The van der Waals surface area contributed by atoms with Crippen LogP contribution in [0.25, 0.3) is 10.9 Å². The van der Waals surface area contributed by atoms with Crippen molar-refractivity contribution in [3.05, 3.63) is 59.5 Å². The number of carbonyl (C=O) groups is 4. The molecule has 0 saturated carbocycles. The van der Waals surface area contributed by atoms with Gasteiger partial charge < -0.3 is 10.2 Å². The van der Waals surface area contributed by atoms with E-state index in [1.807, 2.05) is 0 Å². The molecule has 1 spiro atoms. The summed E-state index contributed by atoms with van der Waals surface area (Å²) in [5.41, 5.74) is -1.99. The second-order valence-electron chi connectivity index (χ2n) is 10.1. The van der Waals surface area contributed by atoms with Crippen LogP contribution in [0.2, 0.25) is 0 Å². The van der Waals surface area contributed by atoms with Gasteiger partial charge in [0.1, 0.15) is 17.4 Å². The average molecular weight is 575 g/mol. The molecule has 0 bridgehead atoms. The van der Waals surface area contributed by atoms with Gasteiger partial charge in [-0.05, 0) is 55.7 Å². The SMILES string of the molecule is CCC(NC(=O)c1cc(C(F)(F)F)ccc1F)C(=O)N1CCC2(CC1)C(=O)N(C)C(=O)N2c1ccc2[nH]ncc2c1. The minimum atomic E-state index is -4.78. The van der Waals surface area contributed by atoms with Crippen molar-refractivity contribution < 1.29 is 36.7 Å². The molecule has 3 aromatic rings. The maximum atomic E-state index is 14.2. The van der Waals surface area contributed by atoms with Crippen molar-refractivity contribution >= 4 is 40.3 Å². The molecule has 3 heterocycles. The second kappa shape index (κ2) is 10.2. The number of rotatable bonds is 5. The number of benzene rings is 2. The van der Waals surface area contributed by atoms with E-state index >= 15 is 0 Å². The van der Waals surface area contributed by atoms with Crippen molar-refractivity contribution in [3.63, 3.8) is 0 Å². The number of hydrogen-bond donors (Lipinski definition) is 2. The maximum Gasteiger partial charge on any atom is 0.416 e. The molecule has 2 fully saturated rings. The van der Waals surface area contributed by atoms with E-state index in [0.717, 1.165) is 15.8 Å². The highest BCUT2D eigenvalue weighted by atomic mass is 19.4. The lowest BCUT2D eigenvalue weighted by molar-refractivity contribution is -0.138. The molecule has 2 aliphatic heterocycles. The number of imide groups is 1. The largest absolute Gasteiger partial charge is 0.416 e. The molecule has 2 saturated heterocycles. The first-order chi connectivity index (χ1) is 19.4. The zero-order valence-corrected chi connectivity index (χ0v) is 22.1. The van der Waals surface area contributed by atoms with E-state index in [9.17, 15) is 36.7 Å². The van der Waals surface area contributed by atoms with E-state index in [0.29, 0.717) is 23.9 Å². The fraction of sp³-hybridized carbons (Fsp3) is 0.370. The van der Waals surface area contributed by atoms with Crippen LogP contribution in [-0.4, -0.2) is 75.5 Å². The Morgan fingerprint density at radius 1 is 1.12 bits per heavy atom. The Hall–Kier alpha value is -4.49. The number of amides is 5. The number of urea groups is 1. The minimum absolute atomic E-state index is 0.0699. The molecule has 1 unspecified atom stereocenters. The van der Waals surface area contributed by atoms with Crippen LogP contribution < -0.4 is 10.2 Å². The Morgan fingerprint density at radius 3 is 2.49 bits per heavy atom. The number of halogens is 4. The van der Waals surface area contributed by atoms with Crippen molar-refractivity contribution in [2.75, 3.05) is 25.0 Å². The van der Waals surface area contributed by atoms with Crippen molar-refractivity contribution in [1.29, 1.82) is 0 Å². The lowest BCUT2D eigenvalue weighted by Crippen LogP contribution is -2.59. The van der Waals surface area contributed by atoms with E-state index in [4.69, 9.17) is 0 Å². The number of alkyl halides is 3. The molecule has 2 aliphatic rings. The molecule has 1 atom stereocenters. The number of fused-ring (bicyclic) bond motifs is 1. The van der Waals surface area contributed by atoms with E-state index in [-0.39, 0.29) is 32.4 Å². The monoisotopic (exact) mass is 574 g/mol. The van der Waals surface area contributed by atoms with Gasteiger partial charge >= 0.3 is 12.2 Å². The van der Waals surface area contributed by atoms with Gasteiger partial charge in [0.2, 0.25) is 5.91 Å². The Morgan fingerprint density at radius 2 is 1.83 bits per heavy atom. The molecule has 1 aromatic heterocycles. The maximum absolute atomic E-state index is 14.2. The molecular weight excluding hydrogens is 548 g/mol. The molecule has 14 heteroatoms. The first-order valence-electron chi connectivity index (χ1n) is 12.9. The first kappa shape index (κ1) is 28.1. The van der Waals surface area contributed by atoms with Crippen molar-refractivity contribution in [2.24, 2.45) is 0 Å². The summed E-state index contributed by atoms with van der Waals surface area (Å²) in [6, 6.07) is 5.05. The van der Waals surface area contributed by atoms with E-state index in [1.165, 1.54) is 16.8 Å². The summed E-state index contributed by atoms with van der Waals surface area (Å²) in [4.78, 5) is 56.5. The number of anilines is 1. The quantitative estimate of drug-likeness (QED) is 0.356. The summed E-state index contributed by atoms with van der Waals surface area (Å²) in [5, 5.41) is 9.91. The third-order valence-corrected chi connectivity index (χ3v) is 7.74. The molecule has 0 aliphatic carbocycles. The number of nitrogens with zero attached hydrogens (tertiary/aromatic N) is 4. The van der Waals surface area contributed by atoms with Gasteiger partial charge in [0.05, 0.1) is 22.8 Å². The van der Waals surface area contributed by atoms with Gasteiger partial charge in [-0.25, -0.2) is 9.18 Å². The number of H-pyrrole nitrogens is 1. The van der Waals surface area contributed by atoms with Gasteiger partial charge in [-0.3, -0.25) is 29.3 Å². The lowest BCUT2D eigenvalue weighted by Gasteiger charge is -2.42. The molecule has 5 rings (SSSR count). The van der Waals surface area contributed by atoms with E-state index in [2.05, 4.69) is 15.5 Å². The van der Waals surface area contributed by atoms with Crippen molar-refractivity contribution in [1.82, 2.24) is 25.3 Å². The number of aromatic nitrogens is 2. The van der Waals surface area contributed by atoms with Crippen LogP contribution in [0, 0.1) is 5.82 Å². The third kappa shape index (κ3) is 4.76. The number of likely N-dealkylation sites (N-methyl/N-ethyl adjacent to an activating group) is 1. The third-order valence-electron chi connectivity index (χ3n) is 7.74. The van der Waals surface area contributed by atoms with Gasteiger partial charge in [-0.2, -0.15) is 18.3 Å². The van der Waals surface area contributed by atoms with Crippen LogP contribution in [0.3, 0.4) is 0 Å². The molecule has 216 valence electrons. The lowest BCUT2D eigenvalue weighted by atomic mass is 9.85. The topological polar surface area (TPSA) is 119 Å². The number of hydrogen-bond acceptors (Lipinski definition) is 5. The number of carbonyl (C=O) groups excluding carboxylic acids is 4. The van der Waals surface area contributed by atoms with Crippen LogP contribution in [0.1, 0.15) is 42.1 Å². The highest BCUT2D eigenvalue weighted by Gasteiger charge is 2.58. The van der Waals surface area contributed by atoms with Gasteiger partial charge in [0, 0.05) is 31.2 Å². The Labute approximate surface area is 231 Å². The molecule has 2 N–H and O–H groups in total. The highest BCUT2D eigenvalue weighted by molar-refractivity contribution is 6.17. The number of aromatic amines is 1. The van der Waals surface area contributed by atoms with Gasteiger partial charge in [-0.1, -0.05) is 6.92 Å². The predicted molar refractivity (Wildman–Crippen MR) is 138 cm³/mol. The summed E-state index contributed by atoms with van der Waals surface area (Å²) in [7, 11) is 1.40. The highest BCUT2D eigenvalue weighted by Crippen LogP contribution is 2.41. The second-order valence-corrected chi connectivity index (χ2v) is 10.1. The summed E-state index contributed by atoms with van der Waals surface area (Å²) in [6.07, 6.45) is -2.86. The first-order valence-corrected chi connectivity index (χ1v) is 12.9. The molecule has 5 amide bonds. The number of likely N-dealkylation sites (tertiary alicyclic amines) is 1. The van der Waals surface area contributed by atoms with Crippen LogP contribution >= 0.6 is 0 Å². The normalized spacial score (nSPS) is 18.0. The zero-order chi connectivity index (χ0) is 29.7. The van der Waals surface area contributed by atoms with Crippen LogP contribution in [-0.2, 0) is 15.8 Å². The van der Waals surface area contributed by atoms with Crippen LogP contribution in [0.4, 0.5) is 28.0 Å². The average Bonchev–Trinajstić information content (AvgIpc) is 3.48. The summed E-state index contributed by atoms with van der Waals surface area (Å²) in [6.45, 7) is 1.74. The molecule has 10 nitrogen and oxygen atoms in total. The van der Waals surface area contributed by atoms with Crippen LogP contribution in [0.15, 0.2) is 42.6 Å². The number of piperidine rings is 1. The van der Waals surface area contributed by atoms with E-state index < -0.39 is 58.5 Å². The fourth-order valence-electron chi connectivity index (χ4n) is 5.46. The van der Waals surface area contributed by atoms with Gasteiger partial charge in [0.25, 0.3) is 11.8 Å². The molecule has 0 radical (unpaired) electrons. The van der Waals surface area contributed by atoms with Crippen molar-refractivity contribution in [2.45, 2.75) is 43.9 Å². The van der Waals surface area contributed by atoms with Gasteiger partial charge in [0.15, 0.2) is 0 Å². The fourth-order valence-corrected chi connectivity index (χ4v) is 5.46. The summed E-state index contributed by atoms with van der Waals surface area (Å²) >= 11 is 0. The summed E-state index contributed by atoms with van der Waals surface area (Å²) < 4.78 is 53.5. The predicted octanol–water partition coefficient (Wildman–Crippen LogP) is 3.69. The molecule has 41 heavy (non-hydrogen) atoms. The summed E-state index contributed by atoms with van der Waals surface area (Å²) in [5.74, 6) is -3.23. The van der Waals surface area contributed by atoms with Gasteiger partial charge in [-0.15, -0.1) is 0 Å². The molecular formula is C27H26F4N6O4. The van der Waals surface area contributed by atoms with Crippen LogP contribution in [0.5, 0.6) is 0 Å². The minimum Gasteiger partial charge on any atom is -0.341 e. The number of nitrogens with one attached hydrogen (secondary N) is 2. The smallest absolute Gasteiger partial charge is 0.341 e. The Balaban J connectivity index is 1.33. The zero-order valence-electron chi connectivity index (χ0n) is 22.1. The molecule has 2 aromatic carbocycles. The Kier molecular flexibility index (Phi) is 6.95. The van der Waals surface area contributed by atoms with Crippen molar-refractivity contribution in [3.8, 4) is 0 Å².